The highest BCUT2D eigenvalue weighted by Gasteiger charge is 2.10. The second-order valence-electron chi connectivity index (χ2n) is 5.19. The smallest absolute Gasteiger partial charge is 0.269 e. The van der Waals surface area contributed by atoms with E-state index >= 15 is 0 Å². The van der Waals surface area contributed by atoms with Crippen molar-refractivity contribution in [2.75, 3.05) is 19.5 Å². The molecule has 132 valence electrons. The fraction of sp³-hybridized carbons (Fsp3) is 0.222. The third-order valence-corrected chi connectivity index (χ3v) is 3.73. The standard InChI is InChI=1S/C18H21N3O3S/c1-4-12-5-7-14(8-6-12)19-18(25)21-20-17(22)13-9-15(23-2)11-16(10-13)24-3/h5-11H,4H2,1-3H3,(H,20,22)(H2,19,21,25). The van der Waals surface area contributed by atoms with Gasteiger partial charge in [-0.25, -0.2) is 0 Å². The molecule has 0 aliphatic carbocycles. The van der Waals surface area contributed by atoms with E-state index < -0.39 is 0 Å². The number of hydrogen-bond donors (Lipinski definition) is 3. The lowest BCUT2D eigenvalue weighted by Gasteiger charge is -2.13. The average molecular weight is 359 g/mol. The van der Waals surface area contributed by atoms with Gasteiger partial charge in [0.1, 0.15) is 11.5 Å². The van der Waals surface area contributed by atoms with Gasteiger partial charge in [0.2, 0.25) is 0 Å². The zero-order chi connectivity index (χ0) is 18.2. The summed E-state index contributed by atoms with van der Waals surface area (Å²) in [7, 11) is 3.05. The summed E-state index contributed by atoms with van der Waals surface area (Å²) in [5.41, 5.74) is 7.68. The van der Waals surface area contributed by atoms with Crippen LogP contribution in [0.25, 0.3) is 0 Å². The molecular formula is C18H21N3O3S. The maximum Gasteiger partial charge on any atom is 0.269 e. The van der Waals surface area contributed by atoms with Crippen molar-refractivity contribution in [1.82, 2.24) is 10.9 Å². The maximum absolute atomic E-state index is 12.2. The van der Waals surface area contributed by atoms with Crippen LogP contribution in [0.1, 0.15) is 22.8 Å². The van der Waals surface area contributed by atoms with Gasteiger partial charge in [0.05, 0.1) is 14.2 Å². The van der Waals surface area contributed by atoms with E-state index in [0.29, 0.717) is 17.1 Å². The van der Waals surface area contributed by atoms with Crippen LogP contribution in [-0.2, 0) is 6.42 Å². The van der Waals surface area contributed by atoms with Crippen LogP contribution in [0.15, 0.2) is 42.5 Å². The first-order valence-electron chi connectivity index (χ1n) is 7.75. The molecule has 0 unspecified atom stereocenters. The maximum atomic E-state index is 12.2. The summed E-state index contributed by atoms with van der Waals surface area (Å²) in [5.74, 6) is 0.699. The number of amides is 1. The number of carbonyl (C=O) groups is 1. The molecule has 0 saturated carbocycles. The number of benzene rings is 2. The normalized spacial score (nSPS) is 9.88. The minimum Gasteiger partial charge on any atom is -0.497 e. The molecule has 2 aromatic carbocycles. The van der Waals surface area contributed by atoms with Crippen LogP contribution in [0, 0.1) is 0 Å². The molecule has 0 bridgehead atoms. The Morgan fingerprint density at radius 2 is 1.60 bits per heavy atom. The van der Waals surface area contributed by atoms with Crippen LogP contribution in [0.2, 0.25) is 0 Å². The molecule has 0 saturated heterocycles. The van der Waals surface area contributed by atoms with Crippen molar-refractivity contribution >= 4 is 28.9 Å². The highest BCUT2D eigenvalue weighted by Crippen LogP contribution is 2.22. The number of hydrogen-bond acceptors (Lipinski definition) is 4. The van der Waals surface area contributed by atoms with Crippen molar-refractivity contribution in [2.45, 2.75) is 13.3 Å². The number of ether oxygens (including phenoxy) is 2. The second kappa shape index (κ2) is 8.89. The lowest BCUT2D eigenvalue weighted by molar-refractivity contribution is 0.0943. The van der Waals surface area contributed by atoms with Gasteiger partial charge in [-0.3, -0.25) is 15.6 Å². The van der Waals surface area contributed by atoms with Gasteiger partial charge in [0.25, 0.3) is 5.91 Å². The number of carbonyl (C=O) groups excluding carboxylic acids is 1. The summed E-state index contributed by atoms with van der Waals surface area (Å²) < 4.78 is 10.3. The number of hydrazine groups is 1. The minimum atomic E-state index is -0.359. The molecule has 0 heterocycles. The predicted molar refractivity (Wildman–Crippen MR) is 102 cm³/mol. The van der Waals surface area contributed by atoms with Crippen molar-refractivity contribution < 1.29 is 14.3 Å². The zero-order valence-corrected chi connectivity index (χ0v) is 15.2. The first kappa shape index (κ1) is 18.5. The summed E-state index contributed by atoms with van der Waals surface area (Å²) in [4.78, 5) is 12.2. The second-order valence-corrected chi connectivity index (χ2v) is 5.59. The Morgan fingerprint density at radius 1 is 1.00 bits per heavy atom. The average Bonchev–Trinajstić information content (AvgIpc) is 2.66. The van der Waals surface area contributed by atoms with Crippen LogP contribution < -0.4 is 25.6 Å². The van der Waals surface area contributed by atoms with Crippen molar-refractivity contribution in [3.05, 3.63) is 53.6 Å². The SMILES string of the molecule is CCc1ccc(NC(=S)NNC(=O)c2cc(OC)cc(OC)c2)cc1. The third kappa shape index (κ3) is 5.36. The Morgan fingerprint density at radius 3 is 2.12 bits per heavy atom. The van der Waals surface area contributed by atoms with Crippen molar-refractivity contribution in [3.8, 4) is 11.5 Å². The van der Waals surface area contributed by atoms with E-state index in [1.165, 1.54) is 19.8 Å². The molecule has 6 nitrogen and oxygen atoms in total. The molecule has 0 radical (unpaired) electrons. The van der Waals surface area contributed by atoms with Crippen LogP contribution in [-0.4, -0.2) is 25.2 Å². The fourth-order valence-corrected chi connectivity index (χ4v) is 2.28. The van der Waals surface area contributed by atoms with E-state index in [2.05, 4.69) is 23.1 Å². The molecule has 0 aliphatic heterocycles. The number of methoxy groups -OCH3 is 2. The van der Waals surface area contributed by atoms with E-state index in [9.17, 15) is 4.79 Å². The van der Waals surface area contributed by atoms with Crippen molar-refractivity contribution in [3.63, 3.8) is 0 Å². The number of nitrogens with one attached hydrogen (secondary N) is 3. The van der Waals surface area contributed by atoms with E-state index in [0.717, 1.165) is 12.1 Å². The molecule has 0 atom stereocenters. The number of thiocarbonyl (C=S) groups is 1. The summed E-state index contributed by atoms with van der Waals surface area (Å²) in [6.07, 6.45) is 0.975. The third-order valence-electron chi connectivity index (χ3n) is 3.52. The molecule has 0 aromatic heterocycles. The lowest BCUT2D eigenvalue weighted by atomic mass is 10.1. The Kier molecular flexibility index (Phi) is 6.59. The van der Waals surface area contributed by atoms with E-state index in [1.807, 2.05) is 24.3 Å². The van der Waals surface area contributed by atoms with Crippen LogP contribution >= 0.6 is 12.2 Å². The van der Waals surface area contributed by atoms with Gasteiger partial charge in [-0.05, 0) is 48.5 Å². The highest BCUT2D eigenvalue weighted by molar-refractivity contribution is 7.80. The Labute approximate surface area is 152 Å². The quantitative estimate of drug-likeness (QED) is 0.563. The van der Waals surface area contributed by atoms with Gasteiger partial charge in [-0.2, -0.15) is 0 Å². The fourth-order valence-electron chi connectivity index (χ4n) is 2.11. The summed E-state index contributed by atoms with van der Waals surface area (Å²) in [6.45, 7) is 2.09. The van der Waals surface area contributed by atoms with Crippen molar-refractivity contribution in [1.29, 1.82) is 0 Å². The lowest BCUT2D eigenvalue weighted by Crippen LogP contribution is -2.43. The zero-order valence-electron chi connectivity index (χ0n) is 14.4. The van der Waals surface area contributed by atoms with E-state index in [1.54, 1.807) is 18.2 Å². The van der Waals surface area contributed by atoms with E-state index in [4.69, 9.17) is 21.7 Å². The number of aryl methyl sites for hydroxylation is 1. The van der Waals surface area contributed by atoms with Crippen LogP contribution in [0.4, 0.5) is 5.69 Å². The topological polar surface area (TPSA) is 71.6 Å². The Bertz CT molecular complexity index is 725. The van der Waals surface area contributed by atoms with Crippen LogP contribution in [0.5, 0.6) is 11.5 Å². The summed E-state index contributed by atoms with van der Waals surface area (Å²) >= 11 is 5.18. The Balaban J connectivity index is 1.93. The predicted octanol–water partition coefficient (Wildman–Crippen LogP) is 2.90. The molecular weight excluding hydrogens is 338 g/mol. The molecule has 2 aromatic rings. The minimum absolute atomic E-state index is 0.285. The number of rotatable bonds is 5. The van der Waals surface area contributed by atoms with Gasteiger partial charge >= 0.3 is 0 Å². The van der Waals surface area contributed by atoms with Gasteiger partial charge in [-0.15, -0.1) is 0 Å². The first-order valence-corrected chi connectivity index (χ1v) is 8.16. The summed E-state index contributed by atoms with van der Waals surface area (Å²) in [5, 5.41) is 3.29. The molecule has 7 heteroatoms. The van der Waals surface area contributed by atoms with Gasteiger partial charge in [0.15, 0.2) is 5.11 Å². The van der Waals surface area contributed by atoms with Gasteiger partial charge < -0.3 is 14.8 Å². The van der Waals surface area contributed by atoms with Crippen LogP contribution in [0.3, 0.4) is 0 Å². The molecule has 0 fully saturated rings. The molecule has 3 N–H and O–H groups in total. The largest absolute Gasteiger partial charge is 0.497 e. The Hall–Kier alpha value is -2.80. The monoisotopic (exact) mass is 359 g/mol. The van der Waals surface area contributed by atoms with Crippen molar-refractivity contribution in [2.24, 2.45) is 0 Å². The highest BCUT2D eigenvalue weighted by atomic mass is 32.1. The van der Waals surface area contributed by atoms with Gasteiger partial charge in [-0.1, -0.05) is 19.1 Å². The molecule has 0 aliphatic rings. The molecule has 0 spiro atoms. The first-order chi connectivity index (χ1) is 12.0. The number of anilines is 1. The molecule has 2 rings (SSSR count). The summed E-state index contributed by atoms with van der Waals surface area (Å²) in [6, 6.07) is 12.8. The molecule has 1 amide bonds. The van der Waals surface area contributed by atoms with E-state index in [-0.39, 0.29) is 11.0 Å². The molecule has 25 heavy (non-hydrogen) atoms. The van der Waals surface area contributed by atoms with Gasteiger partial charge in [0, 0.05) is 17.3 Å².